The fourth-order valence-electron chi connectivity index (χ4n) is 2.62. The third kappa shape index (κ3) is 3.03. The summed E-state index contributed by atoms with van der Waals surface area (Å²) in [7, 11) is 0. The number of piperidine rings is 1. The van der Waals surface area contributed by atoms with Gasteiger partial charge in [-0.05, 0) is 31.7 Å². The minimum absolute atomic E-state index is 0.0662. The average Bonchev–Trinajstić information content (AvgIpc) is 3.23. The number of hydrogen-bond donors (Lipinski definition) is 1. The summed E-state index contributed by atoms with van der Waals surface area (Å²) in [5, 5.41) is 2.99. The summed E-state index contributed by atoms with van der Waals surface area (Å²) in [4.78, 5) is 22.4. The van der Waals surface area contributed by atoms with E-state index in [4.69, 9.17) is 0 Å². The Morgan fingerprint density at radius 2 is 2.05 bits per heavy atom. The number of nitrogens with one attached hydrogen (secondary N) is 1. The van der Waals surface area contributed by atoms with Gasteiger partial charge in [0, 0.05) is 38.2 Å². The molecule has 0 bridgehead atoms. The van der Waals surface area contributed by atoms with Gasteiger partial charge < -0.3 is 10.2 Å². The highest BCUT2D eigenvalue weighted by atomic mass is 16.1. The molecule has 2 heterocycles. The minimum Gasteiger partial charge on any atom is -0.356 e. The van der Waals surface area contributed by atoms with Crippen LogP contribution in [0.5, 0.6) is 0 Å². The van der Waals surface area contributed by atoms with Gasteiger partial charge in [-0.15, -0.1) is 0 Å². The molecule has 1 aromatic heterocycles. The molecule has 19 heavy (non-hydrogen) atoms. The molecule has 0 radical (unpaired) electrons. The van der Waals surface area contributed by atoms with Crippen molar-refractivity contribution in [3.05, 3.63) is 18.1 Å². The fourth-order valence-corrected chi connectivity index (χ4v) is 2.62. The van der Waals surface area contributed by atoms with Crippen molar-refractivity contribution in [1.29, 1.82) is 0 Å². The Morgan fingerprint density at radius 1 is 1.32 bits per heavy atom. The second-order valence-electron chi connectivity index (χ2n) is 5.51. The van der Waals surface area contributed by atoms with Crippen LogP contribution in [0.15, 0.2) is 12.3 Å². The molecule has 1 aliphatic heterocycles. The molecule has 1 N–H and O–H groups in total. The van der Waals surface area contributed by atoms with Crippen LogP contribution in [-0.2, 0) is 4.79 Å². The zero-order valence-electron chi connectivity index (χ0n) is 11.3. The van der Waals surface area contributed by atoms with E-state index in [2.05, 4.69) is 20.2 Å². The van der Waals surface area contributed by atoms with Gasteiger partial charge in [0.1, 0.15) is 11.6 Å². The van der Waals surface area contributed by atoms with E-state index in [9.17, 15) is 4.79 Å². The highest BCUT2D eigenvalue weighted by molar-refractivity contribution is 5.73. The monoisotopic (exact) mass is 260 g/mol. The molecule has 0 spiro atoms. The van der Waals surface area contributed by atoms with Gasteiger partial charge in [0.25, 0.3) is 0 Å². The predicted octanol–water partition coefficient (Wildman–Crippen LogP) is 1.46. The van der Waals surface area contributed by atoms with Crippen LogP contribution in [0.2, 0.25) is 0 Å². The number of amides is 1. The van der Waals surface area contributed by atoms with Gasteiger partial charge in [-0.3, -0.25) is 4.79 Å². The predicted molar refractivity (Wildman–Crippen MR) is 73.1 cm³/mol. The first kappa shape index (κ1) is 12.4. The lowest BCUT2D eigenvalue weighted by atomic mass is 10.1. The van der Waals surface area contributed by atoms with E-state index in [1.54, 1.807) is 6.92 Å². The van der Waals surface area contributed by atoms with Crippen molar-refractivity contribution in [2.24, 2.45) is 0 Å². The highest BCUT2D eigenvalue weighted by Crippen LogP contribution is 2.38. The van der Waals surface area contributed by atoms with Crippen LogP contribution in [0, 0.1) is 0 Å². The number of carbonyl (C=O) groups is 1. The summed E-state index contributed by atoms with van der Waals surface area (Å²) >= 11 is 0. The Kier molecular flexibility index (Phi) is 3.36. The van der Waals surface area contributed by atoms with Crippen molar-refractivity contribution in [3.8, 4) is 0 Å². The number of carbonyl (C=O) groups excluding carboxylic acids is 1. The summed E-state index contributed by atoms with van der Waals surface area (Å²) < 4.78 is 0. The van der Waals surface area contributed by atoms with Crippen LogP contribution >= 0.6 is 0 Å². The van der Waals surface area contributed by atoms with Gasteiger partial charge in [0.05, 0.1) is 0 Å². The molecule has 2 fully saturated rings. The van der Waals surface area contributed by atoms with Gasteiger partial charge in [0.15, 0.2) is 0 Å². The lowest BCUT2D eigenvalue weighted by Crippen LogP contribution is -2.44. The first-order valence-electron chi connectivity index (χ1n) is 7.07. The highest BCUT2D eigenvalue weighted by Gasteiger charge is 2.27. The second kappa shape index (κ2) is 5.15. The van der Waals surface area contributed by atoms with Crippen LogP contribution in [0.25, 0.3) is 0 Å². The van der Waals surface area contributed by atoms with Crippen molar-refractivity contribution in [2.45, 2.75) is 44.6 Å². The van der Waals surface area contributed by atoms with Crippen LogP contribution < -0.4 is 10.2 Å². The normalized spacial score (nSPS) is 20.4. The Bertz CT molecular complexity index is 464. The van der Waals surface area contributed by atoms with Gasteiger partial charge in [0.2, 0.25) is 5.91 Å². The van der Waals surface area contributed by atoms with Crippen LogP contribution in [0.1, 0.15) is 44.3 Å². The minimum atomic E-state index is 0.0662. The maximum Gasteiger partial charge on any atom is 0.217 e. The molecule has 1 amide bonds. The van der Waals surface area contributed by atoms with Crippen LogP contribution in [-0.4, -0.2) is 35.0 Å². The standard InChI is InChI=1S/C14H20N4O/c1-10(19)16-12-5-8-18(9-6-12)13-4-7-15-14(17-13)11-2-3-11/h4,7,11-12H,2-3,5-6,8-9H2,1H3,(H,16,19). The summed E-state index contributed by atoms with van der Waals surface area (Å²) in [6, 6.07) is 2.31. The molecule has 5 nitrogen and oxygen atoms in total. The number of hydrogen-bond acceptors (Lipinski definition) is 4. The van der Waals surface area contributed by atoms with Crippen molar-refractivity contribution in [3.63, 3.8) is 0 Å². The summed E-state index contributed by atoms with van der Waals surface area (Å²) in [6.45, 7) is 3.48. The Balaban J connectivity index is 1.61. The van der Waals surface area contributed by atoms with E-state index in [-0.39, 0.29) is 5.91 Å². The van der Waals surface area contributed by atoms with E-state index in [1.165, 1.54) is 12.8 Å². The van der Waals surface area contributed by atoms with Crippen molar-refractivity contribution >= 4 is 11.7 Å². The molecule has 1 saturated carbocycles. The summed E-state index contributed by atoms with van der Waals surface area (Å²) in [5.41, 5.74) is 0. The number of anilines is 1. The Labute approximate surface area is 113 Å². The summed E-state index contributed by atoms with van der Waals surface area (Å²) in [5.74, 6) is 2.70. The Morgan fingerprint density at radius 3 is 2.68 bits per heavy atom. The zero-order valence-corrected chi connectivity index (χ0v) is 11.3. The SMILES string of the molecule is CC(=O)NC1CCN(c2ccnc(C3CC3)n2)CC1. The zero-order chi connectivity index (χ0) is 13.2. The lowest BCUT2D eigenvalue weighted by Gasteiger charge is -2.33. The molecule has 1 aliphatic carbocycles. The van der Waals surface area contributed by atoms with Gasteiger partial charge in [-0.2, -0.15) is 0 Å². The molecule has 0 atom stereocenters. The van der Waals surface area contributed by atoms with E-state index in [1.807, 2.05) is 12.3 Å². The average molecular weight is 260 g/mol. The largest absolute Gasteiger partial charge is 0.356 e. The third-order valence-corrected chi connectivity index (χ3v) is 3.83. The first-order chi connectivity index (χ1) is 9.22. The molecule has 5 heteroatoms. The van der Waals surface area contributed by atoms with E-state index in [0.717, 1.165) is 37.6 Å². The van der Waals surface area contributed by atoms with Gasteiger partial charge >= 0.3 is 0 Å². The molecule has 0 unspecified atom stereocenters. The molecule has 102 valence electrons. The molecule has 1 saturated heterocycles. The molecule has 0 aromatic carbocycles. The van der Waals surface area contributed by atoms with Crippen LogP contribution in [0.3, 0.4) is 0 Å². The number of rotatable bonds is 3. The lowest BCUT2D eigenvalue weighted by molar-refractivity contribution is -0.119. The van der Waals surface area contributed by atoms with E-state index in [0.29, 0.717) is 12.0 Å². The van der Waals surface area contributed by atoms with Crippen molar-refractivity contribution in [1.82, 2.24) is 15.3 Å². The molecule has 2 aliphatic rings. The fraction of sp³-hybridized carbons (Fsp3) is 0.643. The van der Waals surface area contributed by atoms with Gasteiger partial charge in [-0.25, -0.2) is 9.97 Å². The molecular formula is C14H20N4O. The molecule has 3 rings (SSSR count). The summed E-state index contributed by atoms with van der Waals surface area (Å²) in [6.07, 6.45) is 6.31. The molecular weight excluding hydrogens is 240 g/mol. The second-order valence-corrected chi connectivity index (χ2v) is 5.51. The van der Waals surface area contributed by atoms with Crippen LogP contribution in [0.4, 0.5) is 5.82 Å². The maximum absolute atomic E-state index is 11.0. The Hall–Kier alpha value is -1.65. The quantitative estimate of drug-likeness (QED) is 0.894. The smallest absolute Gasteiger partial charge is 0.217 e. The van der Waals surface area contributed by atoms with E-state index >= 15 is 0 Å². The van der Waals surface area contributed by atoms with Gasteiger partial charge in [-0.1, -0.05) is 0 Å². The van der Waals surface area contributed by atoms with E-state index < -0.39 is 0 Å². The third-order valence-electron chi connectivity index (χ3n) is 3.83. The number of aromatic nitrogens is 2. The van der Waals surface area contributed by atoms with Crippen molar-refractivity contribution in [2.75, 3.05) is 18.0 Å². The molecule has 1 aromatic rings. The van der Waals surface area contributed by atoms with Crippen molar-refractivity contribution < 1.29 is 4.79 Å². The number of nitrogens with zero attached hydrogens (tertiary/aromatic N) is 3. The maximum atomic E-state index is 11.0. The first-order valence-corrected chi connectivity index (χ1v) is 7.07. The topological polar surface area (TPSA) is 58.1 Å².